The van der Waals surface area contributed by atoms with E-state index in [1.165, 1.54) is 19.8 Å². The van der Waals surface area contributed by atoms with Gasteiger partial charge < -0.3 is 29.8 Å². The zero-order valence-electron chi connectivity index (χ0n) is 26.7. The summed E-state index contributed by atoms with van der Waals surface area (Å²) in [5.74, 6) is 2.32. The first-order valence-electron chi connectivity index (χ1n) is 16.2. The lowest BCUT2D eigenvalue weighted by Crippen LogP contribution is -2.41. The Labute approximate surface area is 267 Å². The number of likely N-dealkylation sites (tertiary alicyclic amines) is 1. The minimum Gasteiger partial charge on any atom is -0.494 e. The van der Waals surface area contributed by atoms with Gasteiger partial charge in [0.15, 0.2) is 5.82 Å². The molecule has 0 spiro atoms. The summed E-state index contributed by atoms with van der Waals surface area (Å²) in [6.45, 7) is 5.12. The van der Waals surface area contributed by atoms with Crippen molar-refractivity contribution in [3.63, 3.8) is 0 Å². The van der Waals surface area contributed by atoms with Crippen LogP contribution in [0, 0.1) is 18.8 Å². The van der Waals surface area contributed by atoms with Gasteiger partial charge in [0.05, 0.1) is 24.0 Å². The number of carbonyl (C=O) groups excluding carboxylic acids is 2. The van der Waals surface area contributed by atoms with Gasteiger partial charge in [-0.25, -0.2) is 9.97 Å². The predicted molar refractivity (Wildman–Crippen MR) is 179 cm³/mol. The average molecular weight is 618 g/mol. The molecule has 10 nitrogen and oxygen atoms in total. The molecule has 1 saturated heterocycles. The molecule has 10 heteroatoms. The van der Waals surface area contributed by atoms with Gasteiger partial charge in [0.1, 0.15) is 16.9 Å². The van der Waals surface area contributed by atoms with Crippen molar-refractivity contribution in [2.45, 2.75) is 58.2 Å². The van der Waals surface area contributed by atoms with Gasteiger partial charge in [0, 0.05) is 61.3 Å². The van der Waals surface area contributed by atoms with Gasteiger partial charge in [0.2, 0.25) is 5.91 Å². The molecule has 2 aliphatic carbocycles. The molecule has 3 aromatic heterocycles. The molecular formula is C36H39N7O3. The van der Waals surface area contributed by atoms with Crippen LogP contribution < -0.4 is 15.8 Å². The Kier molecular flexibility index (Phi) is 6.68. The molecule has 8 rings (SSSR count). The van der Waals surface area contributed by atoms with Gasteiger partial charge in [0.25, 0.3) is 5.91 Å². The van der Waals surface area contributed by atoms with Crippen molar-refractivity contribution in [1.29, 1.82) is 0 Å². The highest BCUT2D eigenvalue weighted by Crippen LogP contribution is 2.40. The summed E-state index contributed by atoms with van der Waals surface area (Å²) in [4.78, 5) is 37.6. The van der Waals surface area contributed by atoms with Gasteiger partial charge >= 0.3 is 0 Å². The number of ether oxygens (including phenoxy) is 1. The molecule has 2 aromatic carbocycles. The van der Waals surface area contributed by atoms with Crippen molar-refractivity contribution in [2.75, 3.05) is 19.0 Å². The number of nitrogens with zero attached hydrogens (tertiary/aromatic N) is 5. The highest BCUT2D eigenvalue weighted by Gasteiger charge is 2.47. The number of methoxy groups -OCH3 is 1. The summed E-state index contributed by atoms with van der Waals surface area (Å²) >= 11 is 0. The zero-order chi connectivity index (χ0) is 31.9. The zero-order valence-corrected chi connectivity index (χ0v) is 26.7. The molecule has 46 heavy (non-hydrogen) atoms. The van der Waals surface area contributed by atoms with E-state index in [1.807, 2.05) is 49.2 Å². The Hall–Kier alpha value is -4.70. The Morgan fingerprint density at radius 1 is 1.04 bits per heavy atom. The third-order valence-corrected chi connectivity index (χ3v) is 10.2. The maximum absolute atomic E-state index is 13.7. The molecule has 3 atom stereocenters. The lowest BCUT2D eigenvalue weighted by atomic mass is 10.0. The molecule has 1 aliphatic heterocycles. The third kappa shape index (κ3) is 4.65. The number of fused-ring (bicyclic) bond motifs is 4. The molecule has 3 N–H and O–H groups in total. The smallest absolute Gasteiger partial charge is 0.254 e. The van der Waals surface area contributed by atoms with Crippen LogP contribution in [0.25, 0.3) is 44.8 Å². The van der Waals surface area contributed by atoms with Gasteiger partial charge in [-0.1, -0.05) is 6.07 Å². The first-order chi connectivity index (χ1) is 22.2. The molecule has 2 bridgehead atoms. The monoisotopic (exact) mass is 617 g/mol. The van der Waals surface area contributed by atoms with Crippen LogP contribution in [-0.2, 0) is 18.4 Å². The van der Waals surface area contributed by atoms with Crippen LogP contribution in [0.1, 0.15) is 48.5 Å². The highest BCUT2D eigenvalue weighted by molar-refractivity contribution is 6.00. The molecule has 3 fully saturated rings. The van der Waals surface area contributed by atoms with Crippen LogP contribution in [0.4, 0.5) is 5.69 Å². The lowest BCUT2D eigenvalue weighted by Gasteiger charge is -2.27. The summed E-state index contributed by atoms with van der Waals surface area (Å²) in [5, 5.41) is 3.91. The van der Waals surface area contributed by atoms with Gasteiger partial charge in [-0.05, 0) is 92.5 Å². The molecule has 3 aliphatic rings. The number of nitrogens with two attached hydrogens (primary N) is 1. The van der Waals surface area contributed by atoms with Crippen molar-refractivity contribution in [2.24, 2.45) is 24.6 Å². The number of piperidine rings is 1. The number of nitrogens with one attached hydrogen (secondary N) is 1. The SMILES string of the molecule is COc1cc(C(=O)N2CC3CCC2[C@@H]3N)cc2nc(-c3cc4ccc(-c5ccc(NC(C)=O)cc5C)nc4n3CC3CC3)n(C)c12. The second-order valence-electron chi connectivity index (χ2n) is 13.4. The second-order valence-corrected chi connectivity index (χ2v) is 13.4. The Balaban J connectivity index is 1.21. The fraction of sp³-hybridized carbons (Fsp3) is 0.389. The summed E-state index contributed by atoms with van der Waals surface area (Å²) in [6.07, 6.45) is 4.46. The number of imidazole rings is 1. The van der Waals surface area contributed by atoms with E-state index in [9.17, 15) is 9.59 Å². The van der Waals surface area contributed by atoms with E-state index in [0.29, 0.717) is 29.7 Å². The predicted octanol–water partition coefficient (Wildman–Crippen LogP) is 5.50. The first-order valence-corrected chi connectivity index (χ1v) is 16.2. The normalized spacial score (nSPS) is 20.6. The summed E-state index contributed by atoms with van der Waals surface area (Å²) in [5.41, 5.74) is 14.2. The minimum atomic E-state index is -0.0948. The maximum Gasteiger partial charge on any atom is 0.254 e. The van der Waals surface area contributed by atoms with Gasteiger partial charge in [-0.2, -0.15) is 0 Å². The topological polar surface area (TPSA) is 120 Å². The summed E-state index contributed by atoms with van der Waals surface area (Å²) in [7, 11) is 3.65. The number of hydrogen-bond acceptors (Lipinski definition) is 6. The summed E-state index contributed by atoms with van der Waals surface area (Å²) in [6, 6.07) is 16.2. The number of pyridine rings is 1. The van der Waals surface area contributed by atoms with Crippen molar-refractivity contribution in [3.05, 3.63) is 59.7 Å². The van der Waals surface area contributed by atoms with Crippen LogP contribution in [0.5, 0.6) is 5.75 Å². The molecule has 2 amide bonds. The van der Waals surface area contributed by atoms with Crippen molar-refractivity contribution >= 4 is 39.6 Å². The van der Waals surface area contributed by atoms with E-state index in [0.717, 1.165) is 75.5 Å². The van der Waals surface area contributed by atoms with E-state index in [-0.39, 0.29) is 23.9 Å². The van der Waals surface area contributed by atoms with E-state index in [1.54, 1.807) is 7.11 Å². The second kappa shape index (κ2) is 10.7. The summed E-state index contributed by atoms with van der Waals surface area (Å²) < 4.78 is 10.2. The number of amides is 2. The van der Waals surface area contributed by atoms with E-state index in [4.69, 9.17) is 20.4 Å². The molecular weight excluding hydrogens is 578 g/mol. The molecule has 2 unspecified atom stereocenters. The van der Waals surface area contributed by atoms with Crippen LogP contribution >= 0.6 is 0 Å². The maximum atomic E-state index is 13.7. The third-order valence-electron chi connectivity index (χ3n) is 10.2. The number of carbonyl (C=O) groups is 2. The van der Waals surface area contributed by atoms with Crippen molar-refractivity contribution in [1.82, 2.24) is 24.0 Å². The standard InChI is InChI=1S/C36H39N7O3/c1-19-13-25(38-20(2)44)9-10-26(19)27-11-7-22-15-30(42(34(22)39-27)17-21-5-6-21)35-40-28-14-24(16-31(46-4)33(28)41(35)3)36(45)43-18-23-8-12-29(43)32(23)37/h7,9-11,13-16,21,23,29,32H,5-6,8,12,17-18,37H2,1-4H3,(H,38,44)/t23?,29?,32-/m1/s1. The van der Waals surface area contributed by atoms with Crippen molar-refractivity contribution in [3.8, 4) is 28.5 Å². The van der Waals surface area contributed by atoms with Gasteiger partial charge in [-0.15, -0.1) is 0 Å². The fourth-order valence-corrected chi connectivity index (χ4v) is 7.70. The minimum absolute atomic E-state index is 0.00460. The van der Waals surface area contributed by atoms with Crippen LogP contribution in [0.15, 0.2) is 48.5 Å². The molecule has 2 saturated carbocycles. The lowest BCUT2D eigenvalue weighted by molar-refractivity contribution is -0.114. The Bertz CT molecular complexity index is 2060. The molecule has 236 valence electrons. The molecule has 4 heterocycles. The molecule has 0 radical (unpaired) electrons. The number of rotatable bonds is 7. The first kappa shape index (κ1) is 28.8. The van der Waals surface area contributed by atoms with E-state index in [2.05, 4.69) is 32.7 Å². The quantitative estimate of drug-likeness (QED) is 0.249. The number of anilines is 1. The number of aryl methyl sites for hydroxylation is 2. The van der Waals surface area contributed by atoms with Crippen molar-refractivity contribution < 1.29 is 14.3 Å². The highest BCUT2D eigenvalue weighted by atomic mass is 16.5. The molecule has 5 aromatic rings. The fourth-order valence-electron chi connectivity index (χ4n) is 7.70. The van der Waals surface area contributed by atoms with Crippen LogP contribution in [0.2, 0.25) is 0 Å². The van der Waals surface area contributed by atoms with Crippen LogP contribution in [0.3, 0.4) is 0 Å². The number of aromatic nitrogens is 4. The van der Waals surface area contributed by atoms with E-state index < -0.39 is 0 Å². The Morgan fingerprint density at radius 2 is 1.87 bits per heavy atom. The average Bonchev–Trinajstić information content (AvgIpc) is 3.44. The largest absolute Gasteiger partial charge is 0.494 e. The van der Waals surface area contributed by atoms with Crippen LogP contribution in [-0.4, -0.2) is 61.6 Å². The Morgan fingerprint density at radius 3 is 2.54 bits per heavy atom. The number of benzene rings is 2. The van der Waals surface area contributed by atoms with Gasteiger partial charge in [-0.3, -0.25) is 9.59 Å². The number of hydrogen-bond donors (Lipinski definition) is 2. The van der Waals surface area contributed by atoms with E-state index >= 15 is 0 Å².